The first kappa shape index (κ1) is 12.7. The molecule has 5 heteroatoms. The van der Waals surface area contributed by atoms with Crippen LogP contribution < -0.4 is 0 Å². The van der Waals surface area contributed by atoms with Gasteiger partial charge in [-0.1, -0.05) is 33.6 Å². The van der Waals surface area contributed by atoms with Gasteiger partial charge in [0.1, 0.15) is 0 Å². The summed E-state index contributed by atoms with van der Waals surface area (Å²) in [5.41, 5.74) is 1.01. The van der Waals surface area contributed by atoms with Crippen molar-refractivity contribution in [3.8, 4) is 0 Å². The molecule has 0 radical (unpaired) electrons. The van der Waals surface area contributed by atoms with Gasteiger partial charge in [-0.15, -0.1) is 0 Å². The quantitative estimate of drug-likeness (QED) is 0.856. The van der Waals surface area contributed by atoms with E-state index >= 15 is 0 Å². The molecule has 1 unspecified atom stereocenters. The maximum atomic E-state index is 11.7. The van der Waals surface area contributed by atoms with Gasteiger partial charge in [-0.3, -0.25) is 0 Å². The van der Waals surface area contributed by atoms with Gasteiger partial charge in [-0.05, 0) is 19.1 Å². The Labute approximate surface area is 98.2 Å². The van der Waals surface area contributed by atoms with Gasteiger partial charge in [-0.2, -0.15) is 0 Å². The van der Waals surface area contributed by atoms with Crippen LogP contribution in [-0.4, -0.2) is 30.7 Å². The molecule has 0 aliphatic carbocycles. The Hall–Kier alpha value is -0.390. The Morgan fingerprint density at radius 3 is 2.33 bits per heavy atom. The van der Waals surface area contributed by atoms with Gasteiger partial charge in [0.25, 0.3) is 0 Å². The van der Waals surface area contributed by atoms with E-state index in [4.69, 9.17) is 0 Å². The van der Waals surface area contributed by atoms with Crippen molar-refractivity contribution >= 4 is 25.8 Å². The van der Waals surface area contributed by atoms with Crippen molar-refractivity contribution in [1.82, 2.24) is 0 Å². The zero-order valence-corrected chi connectivity index (χ0v) is 10.8. The van der Waals surface area contributed by atoms with E-state index in [2.05, 4.69) is 15.9 Å². The molecule has 15 heavy (non-hydrogen) atoms. The molecule has 0 spiro atoms. The SMILES string of the molecule is Cc1ccc(S(=O)(=O)CC(O)CBr)cc1. The summed E-state index contributed by atoms with van der Waals surface area (Å²) in [4.78, 5) is 0.258. The van der Waals surface area contributed by atoms with Crippen molar-refractivity contribution in [3.63, 3.8) is 0 Å². The lowest BCUT2D eigenvalue weighted by atomic mass is 10.2. The van der Waals surface area contributed by atoms with Crippen molar-refractivity contribution in [2.24, 2.45) is 0 Å². The molecular weight excluding hydrogens is 280 g/mol. The molecule has 0 aliphatic rings. The van der Waals surface area contributed by atoms with Crippen molar-refractivity contribution in [3.05, 3.63) is 29.8 Å². The van der Waals surface area contributed by atoms with Crippen LogP contribution in [0.15, 0.2) is 29.2 Å². The van der Waals surface area contributed by atoms with Crippen LogP contribution in [0.3, 0.4) is 0 Å². The van der Waals surface area contributed by atoms with Crippen LogP contribution in [0, 0.1) is 6.92 Å². The van der Waals surface area contributed by atoms with Crippen molar-refractivity contribution in [1.29, 1.82) is 0 Å². The number of alkyl halides is 1. The normalized spacial score (nSPS) is 13.8. The Kier molecular flexibility index (Phi) is 4.31. The number of benzene rings is 1. The lowest BCUT2D eigenvalue weighted by molar-refractivity contribution is 0.224. The second-order valence-corrected chi connectivity index (χ2v) is 6.08. The molecule has 0 amide bonds. The topological polar surface area (TPSA) is 54.4 Å². The molecule has 0 bridgehead atoms. The third-order valence-electron chi connectivity index (χ3n) is 1.97. The maximum absolute atomic E-state index is 11.7. The molecule has 0 fully saturated rings. The molecule has 0 aliphatic heterocycles. The Balaban J connectivity index is 2.91. The van der Waals surface area contributed by atoms with E-state index in [-0.39, 0.29) is 16.0 Å². The number of aryl methyl sites for hydroxylation is 1. The van der Waals surface area contributed by atoms with Crippen molar-refractivity contribution in [2.45, 2.75) is 17.9 Å². The molecule has 0 aromatic heterocycles. The first-order chi connectivity index (χ1) is 6.95. The molecule has 0 saturated carbocycles. The molecule has 0 heterocycles. The van der Waals surface area contributed by atoms with E-state index in [1.807, 2.05) is 6.92 Å². The monoisotopic (exact) mass is 292 g/mol. The summed E-state index contributed by atoms with van der Waals surface area (Å²) in [5, 5.41) is 9.55. The highest BCUT2D eigenvalue weighted by atomic mass is 79.9. The second-order valence-electron chi connectivity index (χ2n) is 3.40. The molecule has 1 rings (SSSR count). The van der Waals surface area contributed by atoms with E-state index in [0.29, 0.717) is 0 Å². The first-order valence-electron chi connectivity index (χ1n) is 4.49. The molecule has 1 aromatic carbocycles. The average molecular weight is 293 g/mol. The van der Waals surface area contributed by atoms with Gasteiger partial charge in [0.2, 0.25) is 0 Å². The predicted octanol–water partition coefficient (Wildman–Crippen LogP) is 1.52. The summed E-state index contributed by atoms with van der Waals surface area (Å²) in [6.45, 7) is 1.89. The molecule has 0 saturated heterocycles. The fourth-order valence-corrected chi connectivity index (χ4v) is 3.04. The Bertz CT molecular complexity index is 411. The highest BCUT2D eigenvalue weighted by Gasteiger charge is 2.18. The minimum Gasteiger partial charge on any atom is -0.391 e. The van der Waals surface area contributed by atoms with E-state index < -0.39 is 15.9 Å². The van der Waals surface area contributed by atoms with Gasteiger partial charge in [0, 0.05) is 5.33 Å². The number of hydrogen-bond acceptors (Lipinski definition) is 3. The van der Waals surface area contributed by atoms with Crippen LogP contribution in [0.25, 0.3) is 0 Å². The van der Waals surface area contributed by atoms with Gasteiger partial charge in [-0.25, -0.2) is 8.42 Å². The van der Waals surface area contributed by atoms with E-state index in [1.165, 1.54) is 0 Å². The highest BCUT2D eigenvalue weighted by Crippen LogP contribution is 2.13. The highest BCUT2D eigenvalue weighted by molar-refractivity contribution is 9.09. The largest absolute Gasteiger partial charge is 0.391 e. The Morgan fingerprint density at radius 2 is 1.87 bits per heavy atom. The van der Waals surface area contributed by atoms with Crippen LogP contribution in [-0.2, 0) is 9.84 Å². The summed E-state index contributed by atoms with van der Waals surface area (Å²) < 4.78 is 23.5. The fourth-order valence-electron chi connectivity index (χ4n) is 1.14. The van der Waals surface area contributed by atoms with Gasteiger partial charge >= 0.3 is 0 Å². The van der Waals surface area contributed by atoms with Crippen LogP contribution in [0.4, 0.5) is 0 Å². The van der Waals surface area contributed by atoms with Crippen molar-refractivity contribution in [2.75, 3.05) is 11.1 Å². The number of aliphatic hydroxyl groups excluding tert-OH is 1. The number of sulfone groups is 1. The number of aliphatic hydroxyl groups is 1. The lowest BCUT2D eigenvalue weighted by Gasteiger charge is -2.08. The van der Waals surface area contributed by atoms with Crippen LogP contribution >= 0.6 is 15.9 Å². The van der Waals surface area contributed by atoms with Crippen LogP contribution in [0.1, 0.15) is 5.56 Å². The van der Waals surface area contributed by atoms with Crippen LogP contribution in [0.5, 0.6) is 0 Å². The summed E-state index contributed by atoms with van der Waals surface area (Å²) in [5.74, 6) is -0.249. The third kappa shape index (κ3) is 3.59. The minimum absolute atomic E-state index is 0.249. The smallest absolute Gasteiger partial charge is 0.180 e. The summed E-state index contributed by atoms with van der Waals surface area (Å²) in [6.07, 6.45) is -0.865. The second kappa shape index (κ2) is 5.09. The molecule has 1 N–H and O–H groups in total. The first-order valence-corrected chi connectivity index (χ1v) is 7.26. The zero-order chi connectivity index (χ0) is 11.5. The third-order valence-corrected chi connectivity index (χ3v) is 4.53. The Morgan fingerprint density at radius 1 is 1.33 bits per heavy atom. The molecule has 1 aromatic rings. The van der Waals surface area contributed by atoms with E-state index in [9.17, 15) is 13.5 Å². The molecule has 1 atom stereocenters. The number of halogens is 1. The summed E-state index contributed by atoms with van der Waals surface area (Å²) in [7, 11) is -3.37. The van der Waals surface area contributed by atoms with Crippen molar-refractivity contribution < 1.29 is 13.5 Å². The van der Waals surface area contributed by atoms with Gasteiger partial charge in [0.05, 0.1) is 16.8 Å². The number of rotatable bonds is 4. The lowest BCUT2D eigenvalue weighted by Crippen LogP contribution is -2.22. The average Bonchev–Trinajstić information content (AvgIpc) is 2.17. The van der Waals surface area contributed by atoms with Gasteiger partial charge in [0.15, 0.2) is 9.84 Å². The molecule has 3 nitrogen and oxygen atoms in total. The van der Waals surface area contributed by atoms with E-state index in [1.54, 1.807) is 24.3 Å². The zero-order valence-electron chi connectivity index (χ0n) is 8.35. The minimum atomic E-state index is -3.37. The maximum Gasteiger partial charge on any atom is 0.180 e. The summed E-state index contributed by atoms with van der Waals surface area (Å²) in [6, 6.07) is 6.61. The standard InChI is InChI=1S/C10H13BrO3S/c1-8-2-4-10(5-3-8)15(13,14)7-9(12)6-11/h2-5,9,12H,6-7H2,1H3. The van der Waals surface area contributed by atoms with E-state index in [0.717, 1.165) is 5.56 Å². The fraction of sp³-hybridized carbons (Fsp3) is 0.400. The molecular formula is C10H13BrO3S. The number of hydrogen-bond donors (Lipinski definition) is 1. The molecule has 84 valence electrons. The van der Waals surface area contributed by atoms with Crippen LogP contribution in [0.2, 0.25) is 0 Å². The predicted molar refractivity (Wildman–Crippen MR) is 63.0 cm³/mol. The van der Waals surface area contributed by atoms with Gasteiger partial charge < -0.3 is 5.11 Å². The summed E-state index contributed by atoms with van der Waals surface area (Å²) >= 11 is 3.04.